The van der Waals surface area contributed by atoms with Crippen molar-refractivity contribution >= 4 is 17.3 Å². The van der Waals surface area contributed by atoms with Crippen LogP contribution in [0.4, 0.5) is 0 Å². The normalized spacial score (nSPS) is 29.1. The van der Waals surface area contributed by atoms with Gasteiger partial charge in [-0.3, -0.25) is 14.6 Å². The second-order valence-corrected chi connectivity index (χ2v) is 11.1. The van der Waals surface area contributed by atoms with Crippen molar-refractivity contribution in [1.29, 1.82) is 0 Å². The van der Waals surface area contributed by atoms with Crippen molar-refractivity contribution in [3.05, 3.63) is 51.6 Å². The molecule has 12 nitrogen and oxygen atoms in total. The highest BCUT2D eigenvalue weighted by Crippen LogP contribution is 2.52. The summed E-state index contributed by atoms with van der Waals surface area (Å²) < 4.78 is 17.4. The van der Waals surface area contributed by atoms with Gasteiger partial charge in [0.05, 0.1) is 54.4 Å². The molecule has 2 aliphatic carbocycles. The Hall–Kier alpha value is -3.39. The van der Waals surface area contributed by atoms with Gasteiger partial charge in [-0.05, 0) is 19.4 Å². The van der Waals surface area contributed by atoms with Crippen LogP contribution in [0.1, 0.15) is 82.2 Å². The van der Waals surface area contributed by atoms with Crippen LogP contribution in [0.2, 0.25) is 0 Å². The standard InChI is InChI=1S/C30H36N2O10/c1-4-8-32-19(12-33)30(39)10-15-22(18(11-30)42-20-9-16(31)25(34)13(2)41-20)29(38)24-23(27(15)36)26(35)14-6-5-7-17(40-3)21(14)28(24)37/h5-7,13,16,18,20,25,33-34,36,38-39H,4,8-12,31H2,1-3H3/t13?,16?,18-,20-,25?,30?/m0/s1. The number of aliphatic hydroxyl groups is 3. The molecule has 3 aliphatic rings. The number of fused-ring (bicyclic) bond motifs is 3. The predicted molar refractivity (Wildman–Crippen MR) is 149 cm³/mol. The summed E-state index contributed by atoms with van der Waals surface area (Å²) in [5.74, 6) is -2.46. The number of nitrogens with two attached hydrogens (primary N) is 1. The number of rotatable bonds is 7. The molecule has 7 N–H and O–H groups in total. The molecule has 1 saturated heterocycles. The average molecular weight is 585 g/mol. The minimum Gasteiger partial charge on any atom is -0.507 e. The van der Waals surface area contributed by atoms with Gasteiger partial charge in [0, 0.05) is 48.5 Å². The summed E-state index contributed by atoms with van der Waals surface area (Å²) in [5.41, 5.74) is 3.42. The number of benzene rings is 2. The second-order valence-electron chi connectivity index (χ2n) is 11.1. The Morgan fingerprint density at radius 2 is 1.88 bits per heavy atom. The van der Waals surface area contributed by atoms with E-state index in [9.17, 15) is 35.1 Å². The number of aromatic hydroxyl groups is 2. The summed E-state index contributed by atoms with van der Waals surface area (Å²) in [6, 6.07) is 3.80. The number of ketones is 2. The first kappa shape index (κ1) is 30.1. The minimum absolute atomic E-state index is 0.000786. The van der Waals surface area contributed by atoms with E-state index >= 15 is 0 Å². The highest BCUT2D eigenvalue weighted by atomic mass is 16.7. The van der Waals surface area contributed by atoms with Crippen LogP contribution in [0, 0.1) is 0 Å². The van der Waals surface area contributed by atoms with Crippen LogP contribution < -0.4 is 10.5 Å². The molecule has 0 spiro atoms. The maximum absolute atomic E-state index is 13.8. The molecule has 2 aromatic rings. The SMILES string of the molecule is CCCN=C(CO)C1(O)Cc2c(O)c3c(c(O)c2[C@@H](O[C@H]2CC(N)C(O)C(C)O2)C1)C(=O)c1c(OC)cccc1C3=O. The Morgan fingerprint density at radius 1 is 1.17 bits per heavy atom. The van der Waals surface area contributed by atoms with E-state index in [1.54, 1.807) is 6.92 Å². The minimum atomic E-state index is -1.84. The topological polar surface area (TPSA) is 201 Å². The maximum Gasteiger partial charge on any atom is 0.202 e. The van der Waals surface area contributed by atoms with Crippen LogP contribution in [0.25, 0.3) is 0 Å². The molecule has 0 radical (unpaired) electrons. The maximum atomic E-state index is 13.8. The summed E-state index contributed by atoms with van der Waals surface area (Å²) in [4.78, 5) is 31.8. The van der Waals surface area contributed by atoms with Gasteiger partial charge >= 0.3 is 0 Å². The zero-order chi connectivity index (χ0) is 30.5. The number of phenolic OH excluding ortho intramolecular Hbond substituents is 2. The number of carbonyl (C=O) groups is 2. The van der Waals surface area contributed by atoms with Gasteiger partial charge in [-0.15, -0.1) is 0 Å². The molecule has 2 aromatic carbocycles. The van der Waals surface area contributed by atoms with Gasteiger partial charge in [-0.2, -0.15) is 0 Å². The van der Waals surface area contributed by atoms with Crippen LogP contribution in [-0.4, -0.2) is 93.2 Å². The number of ether oxygens (including phenoxy) is 3. The number of aliphatic hydroxyl groups excluding tert-OH is 2. The number of carbonyl (C=O) groups excluding carboxylic acids is 2. The molecule has 6 atom stereocenters. The van der Waals surface area contributed by atoms with Crippen molar-refractivity contribution in [2.75, 3.05) is 20.3 Å². The molecular weight excluding hydrogens is 548 g/mol. The molecular formula is C30H36N2O10. The van der Waals surface area contributed by atoms with Crippen molar-refractivity contribution in [2.45, 2.75) is 75.8 Å². The lowest BCUT2D eigenvalue weighted by Crippen LogP contribution is -2.53. The summed E-state index contributed by atoms with van der Waals surface area (Å²) >= 11 is 0. The number of methoxy groups -OCH3 is 1. The van der Waals surface area contributed by atoms with Crippen molar-refractivity contribution < 1.29 is 49.3 Å². The molecule has 0 aromatic heterocycles. The van der Waals surface area contributed by atoms with Crippen LogP contribution in [0.15, 0.2) is 23.2 Å². The number of hydrogen-bond donors (Lipinski definition) is 6. The number of hydrogen-bond acceptors (Lipinski definition) is 12. The fourth-order valence-corrected chi connectivity index (χ4v) is 6.20. The summed E-state index contributed by atoms with van der Waals surface area (Å²) in [5, 5.41) is 55.5. The molecule has 226 valence electrons. The Labute approximate surface area is 242 Å². The van der Waals surface area contributed by atoms with Gasteiger partial charge in [0.1, 0.15) is 22.8 Å². The summed E-state index contributed by atoms with van der Waals surface area (Å²) in [6.07, 6.45) is -3.66. The lowest BCUT2D eigenvalue weighted by molar-refractivity contribution is -0.245. The average Bonchev–Trinajstić information content (AvgIpc) is 2.96. The molecule has 0 bridgehead atoms. The smallest absolute Gasteiger partial charge is 0.202 e. The van der Waals surface area contributed by atoms with E-state index in [2.05, 4.69) is 4.99 Å². The van der Waals surface area contributed by atoms with Crippen molar-refractivity contribution in [3.8, 4) is 17.2 Å². The van der Waals surface area contributed by atoms with Gasteiger partial charge < -0.3 is 45.5 Å². The van der Waals surface area contributed by atoms with E-state index in [4.69, 9.17) is 19.9 Å². The third kappa shape index (κ3) is 4.77. The first-order valence-corrected chi connectivity index (χ1v) is 14.0. The van der Waals surface area contributed by atoms with E-state index < -0.39 is 77.0 Å². The lowest BCUT2D eigenvalue weighted by atomic mass is 9.71. The lowest BCUT2D eigenvalue weighted by Gasteiger charge is -2.43. The molecule has 1 heterocycles. The van der Waals surface area contributed by atoms with Crippen LogP contribution >= 0.6 is 0 Å². The van der Waals surface area contributed by atoms with Gasteiger partial charge in [0.15, 0.2) is 12.1 Å². The molecule has 42 heavy (non-hydrogen) atoms. The van der Waals surface area contributed by atoms with Crippen molar-refractivity contribution in [2.24, 2.45) is 10.7 Å². The number of aliphatic imine (C=N–C) groups is 1. The second kappa shape index (κ2) is 11.4. The molecule has 1 aliphatic heterocycles. The molecule has 0 saturated carbocycles. The molecule has 4 unspecified atom stereocenters. The fraction of sp³-hybridized carbons (Fsp3) is 0.500. The van der Waals surface area contributed by atoms with E-state index in [0.717, 1.165) is 0 Å². The Balaban J connectivity index is 1.69. The molecule has 1 fully saturated rings. The molecule has 12 heteroatoms. The van der Waals surface area contributed by atoms with Gasteiger partial charge in [-0.25, -0.2) is 0 Å². The Bertz CT molecular complexity index is 1440. The highest BCUT2D eigenvalue weighted by Gasteiger charge is 2.49. The van der Waals surface area contributed by atoms with E-state index in [-0.39, 0.29) is 53.0 Å². The molecule has 5 rings (SSSR count). The van der Waals surface area contributed by atoms with E-state index in [1.165, 1.54) is 25.3 Å². The van der Waals surface area contributed by atoms with Crippen LogP contribution in [0.5, 0.6) is 17.2 Å². The Kier molecular flexibility index (Phi) is 8.14. The summed E-state index contributed by atoms with van der Waals surface area (Å²) in [6.45, 7) is 3.24. The quantitative estimate of drug-likeness (QED) is 0.173. The van der Waals surface area contributed by atoms with Gasteiger partial charge in [0.2, 0.25) is 5.78 Å². The first-order valence-electron chi connectivity index (χ1n) is 14.0. The third-order valence-electron chi connectivity index (χ3n) is 8.36. The number of phenols is 2. The zero-order valence-electron chi connectivity index (χ0n) is 23.7. The third-order valence-corrected chi connectivity index (χ3v) is 8.36. The largest absolute Gasteiger partial charge is 0.507 e. The monoisotopic (exact) mass is 584 g/mol. The van der Waals surface area contributed by atoms with Crippen LogP contribution in [0.3, 0.4) is 0 Å². The van der Waals surface area contributed by atoms with Crippen molar-refractivity contribution in [3.63, 3.8) is 0 Å². The van der Waals surface area contributed by atoms with Gasteiger partial charge in [0.25, 0.3) is 0 Å². The fourth-order valence-electron chi connectivity index (χ4n) is 6.20. The summed E-state index contributed by atoms with van der Waals surface area (Å²) in [7, 11) is 1.35. The number of nitrogens with zero attached hydrogens (tertiary/aromatic N) is 1. The van der Waals surface area contributed by atoms with Crippen LogP contribution in [-0.2, 0) is 15.9 Å². The zero-order valence-corrected chi connectivity index (χ0v) is 23.7. The van der Waals surface area contributed by atoms with Crippen molar-refractivity contribution in [1.82, 2.24) is 0 Å². The van der Waals surface area contributed by atoms with Gasteiger partial charge in [-0.1, -0.05) is 19.1 Å². The predicted octanol–water partition coefficient (Wildman–Crippen LogP) is 1.28. The first-order chi connectivity index (χ1) is 20.0. The Morgan fingerprint density at radius 3 is 2.52 bits per heavy atom. The highest BCUT2D eigenvalue weighted by molar-refractivity contribution is 6.31. The van der Waals surface area contributed by atoms with E-state index in [1.807, 2.05) is 6.92 Å². The van der Waals surface area contributed by atoms with E-state index in [0.29, 0.717) is 13.0 Å². The molecule has 0 amide bonds.